The Hall–Kier alpha value is -2.63. The number of aromatic nitrogens is 2. The summed E-state index contributed by atoms with van der Waals surface area (Å²) in [4.78, 5) is 14.9. The lowest BCUT2D eigenvalue weighted by Crippen LogP contribution is -1.99. The Morgan fingerprint density at radius 2 is 2.24 bits per heavy atom. The smallest absolute Gasteiger partial charge is 0.328 e. The van der Waals surface area contributed by atoms with Gasteiger partial charge in [-0.1, -0.05) is 23.4 Å². The molecule has 0 bridgehead atoms. The van der Waals surface area contributed by atoms with Gasteiger partial charge < -0.3 is 14.4 Å². The fraction of sp³-hybridized carbons (Fsp3) is 0.267. The van der Waals surface area contributed by atoms with E-state index in [1.165, 1.54) is 6.08 Å². The van der Waals surface area contributed by atoms with Gasteiger partial charge in [-0.3, -0.25) is 0 Å². The summed E-state index contributed by atoms with van der Waals surface area (Å²) in [5, 5.41) is 12.5. The highest BCUT2D eigenvalue weighted by molar-refractivity contribution is 5.85. The van der Waals surface area contributed by atoms with E-state index in [1.54, 1.807) is 12.1 Å². The monoisotopic (exact) mass is 286 g/mol. The van der Waals surface area contributed by atoms with E-state index >= 15 is 0 Å². The highest BCUT2D eigenvalue weighted by Crippen LogP contribution is 2.38. The minimum atomic E-state index is -1.00. The summed E-state index contributed by atoms with van der Waals surface area (Å²) in [6.07, 6.45) is 4.77. The summed E-state index contributed by atoms with van der Waals surface area (Å²) < 4.78 is 10.8. The van der Waals surface area contributed by atoms with E-state index in [4.69, 9.17) is 14.4 Å². The molecule has 0 saturated heterocycles. The van der Waals surface area contributed by atoms with Crippen LogP contribution in [0.3, 0.4) is 0 Å². The molecule has 0 amide bonds. The normalized spacial score (nSPS) is 14.5. The average molecular weight is 286 g/mol. The minimum Gasteiger partial charge on any atom is -0.485 e. The van der Waals surface area contributed by atoms with Gasteiger partial charge in [-0.15, -0.1) is 0 Å². The van der Waals surface area contributed by atoms with E-state index in [0.29, 0.717) is 28.9 Å². The maximum absolute atomic E-state index is 10.6. The number of benzene rings is 1. The topological polar surface area (TPSA) is 85.5 Å². The van der Waals surface area contributed by atoms with Gasteiger partial charge >= 0.3 is 5.97 Å². The van der Waals surface area contributed by atoms with Crippen molar-refractivity contribution in [3.05, 3.63) is 47.6 Å². The zero-order valence-electron chi connectivity index (χ0n) is 11.2. The zero-order chi connectivity index (χ0) is 14.7. The number of carboxylic acid groups (broad SMARTS) is 1. The van der Waals surface area contributed by atoms with E-state index in [1.807, 2.05) is 12.1 Å². The first kappa shape index (κ1) is 13.4. The van der Waals surface area contributed by atoms with Gasteiger partial charge in [0, 0.05) is 17.6 Å². The number of ether oxygens (including phenoxy) is 1. The number of carbonyl (C=O) groups is 1. The molecule has 1 aromatic heterocycles. The average Bonchev–Trinajstić information content (AvgIpc) is 3.23. The largest absolute Gasteiger partial charge is 0.485 e. The van der Waals surface area contributed by atoms with Gasteiger partial charge in [0.1, 0.15) is 5.75 Å². The molecule has 0 atom stereocenters. The number of para-hydroxylation sites is 1. The minimum absolute atomic E-state index is 0.189. The molecule has 1 aliphatic carbocycles. The Labute approximate surface area is 121 Å². The fourth-order valence-corrected chi connectivity index (χ4v) is 1.88. The third-order valence-corrected chi connectivity index (χ3v) is 3.09. The highest BCUT2D eigenvalue weighted by atomic mass is 16.5. The van der Waals surface area contributed by atoms with Crippen molar-refractivity contribution in [2.24, 2.45) is 0 Å². The standard InChI is InChI=1S/C15H14N2O4/c18-14(19)8-7-10-3-1-2-4-12(10)20-9-13-16-15(21-17-13)11-5-6-11/h1-4,7-8,11H,5-6,9H2,(H,18,19). The lowest BCUT2D eigenvalue weighted by molar-refractivity contribution is -0.131. The van der Waals surface area contributed by atoms with Crippen LogP contribution in [0.5, 0.6) is 5.75 Å². The van der Waals surface area contributed by atoms with Gasteiger partial charge in [-0.2, -0.15) is 4.98 Å². The number of aliphatic carboxylic acids is 1. The van der Waals surface area contributed by atoms with Crippen molar-refractivity contribution >= 4 is 12.0 Å². The van der Waals surface area contributed by atoms with E-state index < -0.39 is 5.97 Å². The molecule has 108 valence electrons. The SMILES string of the molecule is O=C(O)C=Cc1ccccc1OCc1noc(C2CC2)n1. The van der Waals surface area contributed by atoms with Gasteiger partial charge in [0.05, 0.1) is 0 Å². The van der Waals surface area contributed by atoms with Crippen LogP contribution in [0.2, 0.25) is 0 Å². The van der Waals surface area contributed by atoms with E-state index in [9.17, 15) is 4.79 Å². The van der Waals surface area contributed by atoms with Crippen molar-refractivity contribution in [1.29, 1.82) is 0 Å². The first-order valence-electron chi connectivity index (χ1n) is 6.67. The molecule has 1 N–H and O–H groups in total. The quantitative estimate of drug-likeness (QED) is 0.821. The molecule has 0 spiro atoms. The first-order chi connectivity index (χ1) is 10.2. The molecule has 0 aliphatic heterocycles. The van der Waals surface area contributed by atoms with Crippen molar-refractivity contribution in [2.75, 3.05) is 0 Å². The number of carboxylic acids is 1. The molecule has 2 aromatic rings. The van der Waals surface area contributed by atoms with Crippen LogP contribution in [-0.2, 0) is 11.4 Å². The van der Waals surface area contributed by atoms with Crippen molar-refractivity contribution in [2.45, 2.75) is 25.4 Å². The molecule has 0 unspecified atom stereocenters. The second-order valence-electron chi connectivity index (χ2n) is 4.82. The maximum atomic E-state index is 10.6. The fourth-order valence-electron chi connectivity index (χ4n) is 1.88. The predicted octanol–water partition coefficient (Wildman–Crippen LogP) is 2.62. The van der Waals surface area contributed by atoms with Crippen LogP contribution in [0.25, 0.3) is 6.08 Å². The Morgan fingerprint density at radius 3 is 3.00 bits per heavy atom. The van der Waals surface area contributed by atoms with Gasteiger partial charge in [0.25, 0.3) is 0 Å². The lowest BCUT2D eigenvalue weighted by atomic mass is 10.2. The maximum Gasteiger partial charge on any atom is 0.328 e. The number of hydrogen-bond donors (Lipinski definition) is 1. The molecule has 1 aliphatic rings. The van der Waals surface area contributed by atoms with Crippen molar-refractivity contribution in [3.8, 4) is 5.75 Å². The Morgan fingerprint density at radius 1 is 1.43 bits per heavy atom. The van der Waals surface area contributed by atoms with Gasteiger partial charge in [0.2, 0.25) is 11.7 Å². The van der Waals surface area contributed by atoms with E-state index in [-0.39, 0.29) is 6.61 Å². The molecule has 1 heterocycles. The Kier molecular flexibility index (Phi) is 3.68. The Bertz CT molecular complexity index is 674. The molecule has 1 fully saturated rings. The van der Waals surface area contributed by atoms with Gasteiger partial charge in [0.15, 0.2) is 6.61 Å². The lowest BCUT2D eigenvalue weighted by Gasteiger charge is -2.06. The van der Waals surface area contributed by atoms with E-state index in [2.05, 4.69) is 10.1 Å². The van der Waals surface area contributed by atoms with E-state index in [0.717, 1.165) is 18.9 Å². The van der Waals surface area contributed by atoms with Crippen molar-refractivity contribution in [3.63, 3.8) is 0 Å². The summed E-state index contributed by atoms with van der Waals surface area (Å²) >= 11 is 0. The van der Waals surface area contributed by atoms with Crippen molar-refractivity contribution < 1.29 is 19.2 Å². The summed E-state index contributed by atoms with van der Waals surface area (Å²) in [7, 11) is 0. The van der Waals surface area contributed by atoms with Crippen LogP contribution in [0.1, 0.15) is 36.0 Å². The van der Waals surface area contributed by atoms with Crippen LogP contribution in [0, 0.1) is 0 Å². The Balaban J connectivity index is 1.67. The molecule has 6 heteroatoms. The van der Waals surface area contributed by atoms with Crippen LogP contribution in [0.4, 0.5) is 0 Å². The van der Waals surface area contributed by atoms with Crippen LogP contribution >= 0.6 is 0 Å². The van der Waals surface area contributed by atoms with Gasteiger partial charge in [-0.05, 0) is 25.0 Å². The summed E-state index contributed by atoms with van der Waals surface area (Å²) in [6, 6.07) is 7.18. The molecular weight excluding hydrogens is 272 g/mol. The summed E-state index contributed by atoms with van der Waals surface area (Å²) in [5.41, 5.74) is 0.686. The van der Waals surface area contributed by atoms with Crippen LogP contribution < -0.4 is 4.74 Å². The molecular formula is C15H14N2O4. The number of rotatable bonds is 6. The second-order valence-corrected chi connectivity index (χ2v) is 4.82. The molecule has 6 nitrogen and oxygen atoms in total. The molecule has 1 saturated carbocycles. The molecule has 21 heavy (non-hydrogen) atoms. The molecule has 0 radical (unpaired) electrons. The predicted molar refractivity (Wildman–Crippen MR) is 73.7 cm³/mol. The molecule has 1 aromatic carbocycles. The second kappa shape index (κ2) is 5.78. The zero-order valence-corrected chi connectivity index (χ0v) is 11.2. The van der Waals surface area contributed by atoms with Crippen molar-refractivity contribution in [1.82, 2.24) is 10.1 Å². The summed E-state index contributed by atoms with van der Waals surface area (Å²) in [6.45, 7) is 0.189. The first-order valence-corrected chi connectivity index (χ1v) is 6.67. The summed E-state index contributed by atoms with van der Waals surface area (Å²) in [5.74, 6) is 1.16. The number of hydrogen-bond acceptors (Lipinski definition) is 5. The highest BCUT2D eigenvalue weighted by Gasteiger charge is 2.29. The third kappa shape index (κ3) is 3.47. The molecule has 3 rings (SSSR count). The number of nitrogens with zero attached hydrogens (tertiary/aromatic N) is 2. The van der Waals surface area contributed by atoms with Crippen LogP contribution in [0.15, 0.2) is 34.9 Å². The van der Waals surface area contributed by atoms with Gasteiger partial charge in [-0.25, -0.2) is 4.79 Å². The van der Waals surface area contributed by atoms with Crippen LogP contribution in [-0.4, -0.2) is 21.2 Å². The third-order valence-electron chi connectivity index (χ3n) is 3.09.